The van der Waals surface area contributed by atoms with E-state index >= 15 is 0 Å². The van der Waals surface area contributed by atoms with E-state index < -0.39 is 0 Å². The van der Waals surface area contributed by atoms with Crippen LogP contribution in [0.4, 0.5) is 0 Å². The van der Waals surface area contributed by atoms with Crippen LogP contribution in [-0.4, -0.2) is 45.4 Å². The van der Waals surface area contributed by atoms with Crippen molar-refractivity contribution in [3.8, 4) is 11.4 Å². The minimum Gasteiger partial charge on any atom is -0.391 e. The first-order chi connectivity index (χ1) is 11.8. The number of hydrogen-bond acceptors (Lipinski definition) is 5. The van der Waals surface area contributed by atoms with Gasteiger partial charge in [0.15, 0.2) is 0 Å². The van der Waals surface area contributed by atoms with E-state index in [1.807, 2.05) is 30.3 Å². The van der Waals surface area contributed by atoms with E-state index in [1.165, 1.54) is 12.8 Å². The second-order valence-corrected chi connectivity index (χ2v) is 7.05. The fourth-order valence-corrected chi connectivity index (χ4v) is 4.10. The molecular formula is C19H25N3O2. The van der Waals surface area contributed by atoms with Crippen molar-refractivity contribution in [2.75, 3.05) is 13.1 Å². The smallest absolute Gasteiger partial charge is 0.230 e. The molecule has 2 atom stereocenters. The molecule has 1 saturated heterocycles. The lowest BCUT2D eigenvalue weighted by molar-refractivity contribution is 0.00731. The number of piperidine rings is 1. The third-order valence-electron chi connectivity index (χ3n) is 5.52. The SMILES string of the molecule is OC1CCCCC1N1CCC(c2nc(-c3ccccc3)no2)CC1. The Morgan fingerprint density at radius 2 is 1.75 bits per heavy atom. The molecule has 5 heteroatoms. The second kappa shape index (κ2) is 7.03. The Morgan fingerprint density at radius 3 is 2.50 bits per heavy atom. The van der Waals surface area contributed by atoms with Crippen molar-refractivity contribution in [1.82, 2.24) is 15.0 Å². The van der Waals surface area contributed by atoms with Crippen LogP contribution < -0.4 is 0 Å². The van der Waals surface area contributed by atoms with Crippen LogP contribution in [0.15, 0.2) is 34.9 Å². The molecule has 128 valence electrons. The Bertz CT molecular complexity index is 650. The Balaban J connectivity index is 1.38. The van der Waals surface area contributed by atoms with Gasteiger partial charge in [-0.05, 0) is 38.8 Å². The number of aromatic nitrogens is 2. The van der Waals surface area contributed by atoms with Gasteiger partial charge in [-0.3, -0.25) is 4.90 Å². The topological polar surface area (TPSA) is 62.4 Å². The van der Waals surface area contributed by atoms with Gasteiger partial charge >= 0.3 is 0 Å². The molecule has 1 N–H and O–H groups in total. The van der Waals surface area contributed by atoms with Gasteiger partial charge in [0.25, 0.3) is 0 Å². The van der Waals surface area contributed by atoms with E-state index in [-0.39, 0.29) is 6.10 Å². The Kier molecular flexibility index (Phi) is 4.63. The highest BCUT2D eigenvalue weighted by atomic mass is 16.5. The number of rotatable bonds is 3. The molecule has 1 saturated carbocycles. The number of benzene rings is 1. The summed E-state index contributed by atoms with van der Waals surface area (Å²) in [4.78, 5) is 7.08. The molecule has 4 rings (SSSR count). The number of aliphatic hydroxyl groups excluding tert-OH is 1. The minimum absolute atomic E-state index is 0.150. The van der Waals surface area contributed by atoms with Gasteiger partial charge in [0, 0.05) is 17.5 Å². The molecule has 2 fully saturated rings. The molecule has 1 aliphatic heterocycles. The molecule has 0 spiro atoms. The number of hydrogen-bond donors (Lipinski definition) is 1. The summed E-state index contributed by atoms with van der Waals surface area (Å²) in [6, 6.07) is 10.3. The van der Waals surface area contributed by atoms with Crippen molar-refractivity contribution in [3.63, 3.8) is 0 Å². The van der Waals surface area contributed by atoms with E-state index in [2.05, 4.69) is 15.0 Å². The quantitative estimate of drug-likeness (QED) is 0.938. The van der Waals surface area contributed by atoms with Crippen LogP contribution in [-0.2, 0) is 0 Å². The zero-order valence-corrected chi connectivity index (χ0v) is 14.0. The molecule has 1 aliphatic carbocycles. The van der Waals surface area contributed by atoms with Gasteiger partial charge in [0.2, 0.25) is 11.7 Å². The van der Waals surface area contributed by atoms with Gasteiger partial charge in [-0.25, -0.2) is 0 Å². The van der Waals surface area contributed by atoms with Gasteiger partial charge in [-0.1, -0.05) is 48.3 Å². The first kappa shape index (κ1) is 15.8. The Morgan fingerprint density at radius 1 is 1.00 bits per heavy atom. The molecule has 2 aliphatic rings. The summed E-state index contributed by atoms with van der Waals surface area (Å²) in [5.74, 6) is 1.78. The van der Waals surface area contributed by atoms with Crippen LogP contribution in [0.3, 0.4) is 0 Å². The first-order valence-corrected chi connectivity index (χ1v) is 9.12. The number of likely N-dealkylation sites (tertiary alicyclic amines) is 1. The van der Waals surface area contributed by atoms with Crippen LogP contribution in [0, 0.1) is 0 Å². The molecule has 0 bridgehead atoms. The molecule has 2 heterocycles. The summed E-state index contributed by atoms with van der Waals surface area (Å²) in [5.41, 5.74) is 0.996. The van der Waals surface area contributed by atoms with Crippen LogP contribution >= 0.6 is 0 Å². The van der Waals surface area contributed by atoms with Crippen LogP contribution in [0.1, 0.15) is 50.3 Å². The highest BCUT2D eigenvalue weighted by molar-refractivity contribution is 5.53. The highest BCUT2D eigenvalue weighted by Gasteiger charge is 2.33. The Labute approximate surface area is 142 Å². The van der Waals surface area contributed by atoms with E-state index in [0.717, 1.165) is 50.2 Å². The molecule has 0 radical (unpaired) electrons. The monoisotopic (exact) mass is 327 g/mol. The fraction of sp³-hybridized carbons (Fsp3) is 0.579. The van der Waals surface area contributed by atoms with E-state index in [4.69, 9.17) is 4.52 Å². The van der Waals surface area contributed by atoms with Gasteiger partial charge in [0.05, 0.1) is 6.10 Å². The van der Waals surface area contributed by atoms with Gasteiger partial charge in [-0.2, -0.15) is 4.98 Å². The number of aliphatic hydroxyl groups is 1. The predicted octanol–water partition coefficient (Wildman–Crippen LogP) is 3.22. The summed E-state index contributed by atoms with van der Waals surface area (Å²) in [7, 11) is 0. The predicted molar refractivity (Wildman–Crippen MR) is 91.5 cm³/mol. The van der Waals surface area contributed by atoms with E-state index in [1.54, 1.807) is 0 Å². The minimum atomic E-state index is -0.150. The van der Waals surface area contributed by atoms with Gasteiger partial charge < -0.3 is 9.63 Å². The lowest BCUT2D eigenvalue weighted by Crippen LogP contribution is -2.48. The third kappa shape index (κ3) is 3.23. The summed E-state index contributed by atoms with van der Waals surface area (Å²) in [5, 5.41) is 14.4. The van der Waals surface area contributed by atoms with Gasteiger partial charge in [0.1, 0.15) is 0 Å². The lowest BCUT2D eigenvalue weighted by atomic mass is 9.88. The maximum Gasteiger partial charge on any atom is 0.230 e. The number of nitrogens with zero attached hydrogens (tertiary/aromatic N) is 3. The molecule has 1 aromatic carbocycles. The largest absolute Gasteiger partial charge is 0.391 e. The summed E-state index contributed by atoms with van der Waals surface area (Å²) >= 11 is 0. The van der Waals surface area contributed by atoms with Crippen molar-refractivity contribution in [1.29, 1.82) is 0 Å². The Hall–Kier alpha value is -1.72. The van der Waals surface area contributed by atoms with Gasteiger partial charge in [-0.15, -0.1) is 0 Å². The standard InChI is InChI=1S/C19H25N3O2/c23-17-9-5-4-8-16(17)22-12-10-15(11-13-22)19-20-18(21-24-19)14-6-2-1-3-7-14/h1-3,6-7,15-17,23H,4-5,8-13H2. The summed E-state index contributed by atoms with van der Waals surface area (Å²) in [6.07, 6.45) is 6.39. The average molecular weight is 327 g/mol. The lowest BCUT2D eigenvalue weighted by Gasteiger charge is -2.41. The van der Waals surface area contributed by atoms with Crippen molar-refractivity contribution < 1.29 is 9.63 Å². The third-order valence-corrected chi connectivity index (χ3v) is 5.52. The molecule has 5 nitrogen and oxygen atoms in total. The molecule has 2 aromatic rings. The first-order valence-electron chi connectivity index (χ1n) is 9.12. The van der Waals surface area contributed by atoms with Crippen molar-refractivity contribution in [2.45, 2.75) is 56.6 Å². The maximum absolute atomic E-state index is 10.3. The van der Waals surface area contributed by atoms with Crippen molar-refractivity contribution in [2.24, 2.45) is 0 Å². The summed E-state index contributed by atoms with van der Waals surface area (Å²) in [6.45, 7) is 2.02. The average Bonchev–Trinajstić information content (AvgIpc) is 3.13. The van der Waals surface area contributed by atoms with Crippen LogP contribution in [0.2, 0.25) is 0 Å². The molecular weight excluding hydrogens is 302 g/mol. The van der Waals surface area contributed by atoms with E-state index in [0.29, 0.717) is 17.8 Å². The fourth-order valence-electron chi connectivity index (χ4n) is 4.10. The maximum atomic E-state index is 10.3. The van der Waals surface area contributed by atoms with Crippen molar-refractivity contribution >= 4 is 0 Å². The zero-order chi connectivity index (χ0) is 16.4. The van der Waals surface area contributed by atoms with Crippen molar-refractivity contribution in [3.05, 3.63) is 36.2 Å². The second-order valence-electron chi connectivity index (χ2n) is 7.05. The molecule has 24 heavy (non-hydrogen) atoms. The summed E-state index contributed by atoms with van der Waals surface area (Å²) < 4.78 is 5.53. The highest BCUT2D eigenvalue weighted by Crippen LogP contribution is 2.32. The normalized spacial score (nSPS) is 26.5. The molecule has 0 amide bonds. The van der Waals surface area contributed by atoms with Crippen LogP contribution in [0.25, 0.3) is 11.4 Å². The molecule has 1 aromatic heterocycles. The van der Waals surface area contributed by atoms with E-state index in [9.17, 15) is 5.11 Å². The zero-order valence-electron chi connectivity index (χ0n) is 14.0. The molecule has 2 unspecified atom stereocenters. The van der Waals surface area contributed by atoms with Crippen LogP contribution in [0.5, 0.6) is 0 Å².